The summed E-state index contributed by atoms with van der Waals surface area (Å²) in [6.07, 6.45) is 0. The fourth-order valence-electron chi connectivity index (χ4n) is 0. The van der Waals surface area contributed by atoms with Crippen LogP contribution in [0.5, 0.6) is 0 Å². The van der Waals surface area contributed by atoms with E-state index in [4.69, 9.17) is 3.57 Å². The first-order valence-electron chi connectivity index (χ1n) is 0.289. The van der Waals surface area contributed by atoms with Crippen LogP contribution in [0.2, 0.25) is 0 Å². The number of hydrogen-bond acceptors (Lipinski definition) is 1. The zero-order valence-electron chi connectivity index (χ0n) is 2.82. The molecule has 6 heteroatoms. The second-order valence-corrected chi connectivity index (χ2v) is 0. The molecule has 6 heavy (non-hydrogen) atoms. The molecule has 0 unspecified atom stereocenters. The second kappa shape index (κ2) is 38.0. The molecule has 0 aromatic carbocycles. The Morgan fingerprint density at radius 1 is 1.00 bits per heavy atom. The molecule has 1 nitrogen and oxygen atoms in total. The normalized spacial score (nSPS) is 1.00. The fourth-order valence-corrected chi connectivity index (χ4v) is 0. The van der Waals surface area contributed by atoms with Crippen LogP contribution in [0.1, 0.15) is 0 Å². The minimum Gasteiger partial charge on any atom is 0 e. The average Bonchev–Trinajstić information content (AvgIpc) is 1.00. The fraction of sp³-hybridized carbons (Fsp3) is 0. The van der Waals surface area contributed by atoms with Gasteiger partial charge in [0, 0.05) is 71.2 Å². The maximum atomic E-state index is 8.38. The van der Waals surface area contributed by atoms with Crippen LogP contribution in [0.25, 0.3) is 0 Å². The van der Waals surface area contributed by atoms with Crippen LogP contribution in [0.3, 0.4) is 0 Å². The summed E-state index contributed by atoms with van der Waals surface area (Å²) in [6, 6.07) is 0. The Morgan fingerprint density at radius 2 is 1.00 bits per heavy atom. The monoisotopic (exact) mass is 622 g/mol. The van der Waals surface area contributed by atoms with Gasteiger partial charge >= 0.3 is 47.7 Å². The summed E-state index contributed by atoms with van der Waals surface area (Å²) in [7, 11) is 0. The van der Waals surface area contributed by atoms with Gasteiger partial charge in [0.15, 0.2) is 0 Å². The summed E-state index contributed by atoms with van der Waals surface area (Å²) < 4.78 is 8.38. The van der Waals surface area contributed by atoms with Crippen LogP contribution >= 0.6 is 0 Å². The van der Waals surface area contributed by atoms with E-state index in [0.717, 1.165) is 0 Å². The van der Waals surface area contributed by atoms with Crippen molar-refractivity contribution in [2.45, 2.75) is 0 Å². The zero-order chi connectivity index (χ0) is 2.00. The van der Waals surface area contributed by atoms with Gasteiger partial charge in [0.05, 0.1) is 0 Å². The van der Waals surface area contributed by atoms with Crippen LogP contribution in [0, 0.1) is 0 Å². The molecule has 0 fully saturated rings. The van der Waals surface area contributed by atoms with E-state index in [1.807, 2.05) is 0 Å². The average molecular weight is 622 g/mol. The summed E-state index contributed by atoms with van der Waals surface area (Å²) >= 11 is 0.125. The van der Waals surface area contributed by atoms with Gasteiger partial charge in [-0.25, -0.2) is 0 Å². The largest absolute Gasteiger partial charge is 0 e. The van der Waals surface area contributed by atoms with Crippen molar-refractivity contribution in [1.29, 1.82) is 0 Å². The number of rotatable bonds is 0. The summed E-state index contributed by atoms with van der Waals surface area (Å²) in [5, 5.41) is 0. The maximum Gasteiger partial charge on any atom is 0 e. The second-order valence-electron chi connectivity index (χ2n) is 0. The van der Waals surface area contributed by atoms with Crippen molar-refractivity contribution in [1.82, 2.24) is 0 Å². The first kappa shape index (κ1) is 33.4. The van der Waals surface area contributed by atoms with Crippen LogP contribution < -0.4 is 0 Å². The number of hydrogen-bond donors (Lipinski definition) is 0. The Kier molecular flexibility index (Phi) is 211. The van der Waals surface area contributed by atoms with E-state index in [1.54, 1.807) is 0 Å². The van der Waals surface area contributed by atoms with E-state index in [2.05, 4.69) is 0 Å². The quantitative estimate of drug-likeness (QED) is 0.308. The van der Waals surface area contributed by atoms with Crippen molar-refractivity contribution in [3.05, 3.63) is 0 Å². The molecule has 0 radical (unpaired) electrons. The SMILES string of the molecule is [Hf].[Hf].[InH3].[O]=[Zn].[Zn]. The molecule has 0 atom stereocenters. The molecular weight excluding hydrogens is 619 g/mol. The summed E-state index contributed by atoms with van der Waals surface area (Å²) in [6.45, 7) is 0. The molecule has 0 aromatic heterocycles. The molecule has 0 N–H and O–H groups in total. The van der Waals surface area contributed by atoms with Crippen LogP contribution in [-0.2, 0) is 93.0 Å². The molecule has 0 rings (SSSR count). The van der Waals surface area contributed by atoms with Gasteiger partial charge in [-0.3, -0.25) is 0 Å². The molecule has 0 spiro atoms. The molecule has 0 aliphatic rings. The Labute approximate surface area is 116 Å². The van der Waals surface area contributed by atoms with Crippen molar-refractivity contribution in [3.63, 3.8) is 0 Å². The van der Waals surface area contributed by atoms with Crippen molar-refractivity contribution in [2.75, 3.05) is 0 Å². The van der Waals surface area contributed by atoms with Gasteiger partial charge in [-0.05, 0) is 0 Å². The molecule has 24 valence electrons. The molecule has 0 aromatic rings. The molecule has 0 saturated carbocycles. The van der Waals surface area contributed by atoms with Crippen LogP contribution in [-0.4, -0.2) is 25.8 Å². The van der Waals surface area contributed by atoms with E-state index in [-0.39, 0.29) is 115 Å². The Balaban J connectivity index is -0.000000000833. The predicted octanol–water partition coefficient (Wildman–Crippen LogP) is -1.31. The van der Waals surface area contributed by atoms with Crippen molar-refractivity contribution in [2.24, 2.45) is 0 Å². The topological polar surface area (TPSA) is 17.1 Å². The van der Waals surface area contributed by atoms with Crippen molar-refractivity contribution in [3.8, 4) is 0 Å². The molecular formula is H3Hf2InOZn2. The maximum absolute atomic E-state index is 8.38. The summed E-state index contributed by atoms with van der Waals surface area (Å²) in [5.41, 5.74) is 0. The Morgan fingerprint density at radius 3 is 1.00 bits per heavy atom. The minimum atomic E-state index is 0. The van der Waals surface area contributed by atoms with Gasteiger partial charge in [-0.2, -0.15) is 0 Å². The van der Waals surface area contributed by atoms with Gasteiger partial charge < -0.3 is 0 Å². The van der Waals surface area contributed by atoms with Gasteiger partial charge in [-0.15, -0.1) is 0 Å². The van der Waals surface area contributed by atoms with Crippen LogP contribution in [0.15, 0.2) is 0 Å². The standard InChI is InChI=1S/2Hf.In.O.2Zn.3H. The third kappa shape index (κ3) is 25.4. The van der Waals surface area contributed by atoms with E-state index in [9.17, 15) is 0 Å². The summed E-state index contributed by atoms with van der Waals surface area (Å²) in [5.74, 6) is 0. The zero-order valence-corrected chi connectivity index (χ0v) is 15.9. The van der Waals surface area contributed by atoms with E-state index in [0.29, 0.717) is 0 Å². The molecule has 0 heterocycles. The molecule has 0 amide bonds. The Bertz CT molecular complexity index is 11.5. The first-order valence-corrected chi connectivity index (χ1v) is 1.50. The molecule has 0 aliphatic heterocycles. The van der Waals surface area contributed by atoms with Gasteiger partial charge in [0.2, 0.25) is 0 Å². The van der Waals surface area contributed by atoms with E-state index >= 15 is 0 Å². The minimum absolute atomic E-state index is 0. The van der Waals surface area contributed by atoms with E-state index < -0.39 is 0 Å². The molecule has 0 aliphatic carbocycles. The van der Waals surface area contributed by atoms with Gasteiger partial charge in [0.25, 0.3) is 0 Å². The third-order valence-electron chi connectivity index (χ3n) is 0. The Hall–Kier alpha value is 3.66. The van der Waals surface area contributed by atoms with E-state index in [1.165, 1.54) is 0 Å². The van der Waals surface area contributed by atoms with Crippen molar-refractivity contribution < 1.29 is 93.0 Å². The van der Waals surface area contributed by atoms with Gasteiger partial charge in [-0.1, -0.05) is 0 Å². The summed E-state index contributed by atoms with van der Waals surface area (Å²) in [4.78, 5) is 0. The van der Waals surface area contributed by atoms with Crippen molar-refractivity contribution >= 4 is 25.8 Å². The van der Waals surface area contributed by atoms with Gasteiger partial charge in [0.1, 0.15) is 0 Å². The predicted molar refractivity (Wildman–Crippen MR) is 10.6 cm³/mol. The first-order chi connectivity index (χ1) is 1.00. The molecule has 0 bridgehead atoms. The van der Waals surface area contributed by atoms with Crippen LogP contribution in [0.4, 0.5) is 0 Å². The third-order valence-corrected chi connectivity index (χ3v) is 0. The molecule has 0 saturated heterocycles. The smallest absolute Gasteiger partial charge is 0 e.